The van der Waals surface area contributed by atoms with E-state index in [1.165, 1.54) is 0 Å². The van der Waals surface area contributed by atoms with Gasteiger partial charge in [0.2, 0.25) is 0 Å². The molecule has 1 unspecified atom stereocenters. The summed E-state index contributed by atoms with van der Waals surface area (Å²) in [6, 6.07) is 9.81. The molecule has 1 aliphatic rings. The molecule has 4 heteroatoms. The smallest absolute Gasteiger partial charge is 0.153 e. The van der Waals surface area contributed by atoms with E-state index in [9.17, 15) is 4.79 Å². The number of ether oxygens (including phenoxy) is 1. The predicted molar refractivity (Wildman–Crippen MR) is 84.0 cm³/mol. The maximum Gasteiger partial charge on any atom is 0.153 e. The summed E-state index contributed by atoms with van der Waals surface area (Å²) in [5.41, 5.74) is 1.39. The highest BCUT2D eigenvalue weighted by Gasteiger charge is 2.32. The van der Waals surface area contributed by atoms with Gasteiger partial charge >= 0.3 is 0 Å². The zero-order valence-corrected chi connectivity index (χ0v) is 12.5. The van der Waals surface area contributed by atoms with E-state index in [1.54, 1.807) is 7.11 Å². The van der Waals surface area contributed by atoms with E-state index in [0.29, 0.717) is 5.56 Å². The number of anilines is 1. The number of aldehydes is 1. The van der Waals surface area contributed by atoms with Crippen LogP contribution in [-0.4, -0.2) is 37.1 Å². The lowest BCUT2D eigenvalue weighted by atomic mass is 9.94. The topological polar surface area (TPSA) is 42.4 Å². The van der Waals surface area contributed by atoms with Gasteiger partial charge in [0.25, 0.3) is 0 Å². The Morgan fingerprint density at radius 1 is 1.38 bits per heavy atom. The van der Waals surface area contributed by atoms with E-state index in [0.717, 1.165) is 48.9 Å². The number of piperidine rings is 1. The molecule has 1 aromatic carbocycles. The maximum absolute atomic E-state index is 11.4. The van der Waals surface area contributed by atoms with Gasteiger partial charge in [0, 0.05) is 25.6 Å². The third kappa shape index (κ3) is 2.63. The number of hydrogen-bond donors (Lipinski definition) is 0. The molecule has 0 saturated carbocycles. The van der Waals surface area contributed by atoms with Gasteiger partial charge in [0.1, 0.15) is 5.82 Å². The van der Waals surface area contributed by atoms with Gasteiger partial charge in [0.05, 0.1) is 16.7 Å². The minimum absolute atomic E-state index is 0.175. The van der Waals surface area contributed by atoms with Crippen LogP contribution in [0.2, 0.25) is 0 Å². The van der Waals surface area contributed by atoms with Gasteiger partial charge in [-0.25, -0.2) is 4.98 Å². The highest BCUT2D eigenvalue weighted by molar-refractivity contribution is 5.91. The Labute approximate surface area is 124 Å². The van der Waals surface area contributed by atoms with Gasteiger partial charge in [0.15, 0.2) is 6.29 Å². The number of rotatable bonds is 3. The van der Waals surface area contributed by atoms with Crippen molar-refractivity contribution in [2.45, 2.75) is 25.4 Å². The van der Waals surface area contributed by atoms with Crippen LogP contribution in [0.25, 0.3) is 10.9 Å². The standard InChI is InChI=1S/C17H20N2O2/c1-17(21-2)8-5-9-19(12-17)16-14(11-20)10-13-6-3-4-7-15(13)18-16/h3-4,6-7,10-11H,5,8-9,12H2,1-2H3. The molecular weight excluding hydrogens is 264 g/mol. The lowest BCUT2D eigenvalue weighted by molar-refractivity contribution is -0.00483. The SMILES string of the molecule is COC1(C)CCCN(c2nc3ccccc3cc2C=O)C1. The minimum Gasteiger partial charge on any atom is -0.377 e. The molecule has 1 aromatic heterocycles. The van der Waals surface area contributed by atoms with Crippen molar-refractivity contribution >= 4 is 23.0 Å². The van der Waals surface area contributed by atoms with E-state index >= 15 is 0 Å². The van der Waals surface area contributed by atoms with Crippen LogP contribution in [0.5, 0.6) is 0 Å². The Morgan fingerprint density at radius 2 is 2.19 bits per heavy atom. The molecule has 0 spiro atoms. The molecule has 0 bridgehead atoms. The molecular formula is C17H20N2O2. The zero-order chi connectivity index (χ0) is 14.9. The Hall–Kier alpha value is -1.94. The summed E-state index contributed by atoms with van der Waals surface area (Å²) < 4.78 is 5.63. The molecule has 21 heavy (non-hydrogen) atoms. The average molecular weight is 284 g/mol. The highest BCUT2D eigenvalue weighted by Crippen LogP contribution is 2.30. The fourth-order valence-electron chi connectivity index (χ4n) is 3.02. The second-order valence-electron chi connectivity index (χ2n) is 5.89. The average Bonchev–Trinajstić information content (AvgIpc) is 2.53. The first-order valence-electron chi connectivity index (χ1n) is 7.30. The van der Waals surface area contributed by atoms with Gasteiger partial charge in [-0.2, -0.15) is 0 Å². The number of hydrogen-bond acceptors (Lipinski definition) is 4. The van der Waals surface area contributed by atoms with Crippen LogP contribution < -0.4 is 4.90 Å². The summed E-state index contributed by atoms with van der Waals surface area (Å²) >= 11 is 0. The zero-order valence-electron chi connectivity index (χ0n) is 12.5. The van der Waals surface area contributed by atoms with Gasteiger partial charge in [-0.05, 0) is 31.9 Å². The number of carbonyl (C=O) groups excluding carboxylic acids is 1. The van der Waals surface area contributed by atoms with Crippen molar-refractivity contribution in [1.29, 1.82) is 0 Å². The first-order chi connectivity index (χ1) is 10.1. The molecule has 0 N–H and O–H groups in total. The predicted octanol–water partition coefficient (Wildman–Crippen LogP) is 3.05. The van der Waals surface area contributed by atoms with Gasteiger partial charge < -0.3 is 9.64 Å². The molecule has 2 aromatic rings. The second kappa shape index (κ2) is 5.45. The normalized spacial score (nSPS) is 22.5. The molecule has 1 aliphatic heterocycles. The molecule has 2 heterocycles. The summed E-state index contributed by atoms with van der Waals surface area (Å²) in [6.45, 7) is 3.78. The summed E-state index contributed by atoms with van der Waals surface area (Å²) in [5.74, 6) is 0.770. The summed E-state index contributed by atoms with van der Waals surface area (Å²) in [6.07, 6.45) is 2.97. The minimum atomic E-state index is -0.175. The van der Waals surface area contributed by atoms with Crippen molar-refractivity contribution < 1.29 is 9.53 Å². The fraction of sp³-hybridized carbons (Fsp3) is 0.412. The van der Waals surface area contributed by atoms with Crippen molar-refractivity contribution in [2.24, 2.45) is 0 Å². The molecule has 0 amide bonds. The molecule has 3 rings (SSSR count). The monoisotopic (exact) mass is 284 g/mol. The first-order valence-corrected chi connectivity index (χ1v) is 7.30. The van der Waals surface area contributed by atoms with E-state index < -0.39 is 0 Å². The maximum atomic E-state index is 11.4. The Morgan fingerprint density at radius 3 is 2.95 bits per heavy atom. The molecule has 0 radical (unpaired) electrons. The van der Waals surface area contributed by atoms with Crippen molar-refractivity contribution in [1.82, 2.24) is 4.98 Å². The summed E-state index contributed by atoms with van der Waals surface area (Å²) in [5, 5.41) is 0.995. The van der Waals surface area contributed by atoms with E-state index in [-0.39, 0.29) is 5.60 Å². The van der Waals surface area contributed by atoms with Gasteiger partial charge in [-0.1, -0.05) is 18.2 Å². The second-order valence-corrected chi connectivity index (χ2v) is 5.89. The number of fused-ring (bicyclic) bond motifs is 1. The molecule has 1 fully saturated rings. The highest BCUT2D eigenvalue weighted by atomic mass is 16.5. The van der Waals surface area contributed by atoms with Crippen LogP contribution in [0.15, 0.2) is 30.3 Å². The van der Waals surface area contributed by atoms with E-state index in [4.69, 9.17) is 9.72 Å². The quantitative estimate of drug-likeness (QED) is 0.812. The number of carbonyl (C=O) groups is 1. The number of para-hydroxylation sites is 1. The number of pyridine rings is 1. The molecule has 110 valence electrons. The van der Waals surface area contributed by atoms with Gasteiger partial charge in [-0.3, -0.25) is 4.79 Å². The molecule has 1 saturated heterocycles. The van der Waals surface area contributed by atoms with Crippen molar-refractivity contribution in [3.05, 3.63) is 35.9 Å². The summed E-state index contributed by atoms with van der Waals surface area (Å²) in [4.78, 5) is 18.3. The van der Waals surface area contributed by atoms with Gasteiger partial charge in [-0.15, -0.1) is 0 Å². The Kier molecular flexibility index (Phi) is 3.64. The van der Waals surface area contributed by atoms with Crippen LogP contribution in [0.1, 0.15) is 30.1 Å². The fourth-order valence-corrected chi connectivity index (χ4v) is 3.02. The van der Waals surface area contributed by atoms with Crippen LogP contribution in [0.4, 0.5) is 5.82 Å². The molecule has 4 nitrogen and oxygen atoms in total. The number of benzene rings is 1. The van der Waals surface area contributed by atoms with Crippen molar-refractivity contribution in [3.8, 4) is 0 Å². The lowest BCUT2D eigenvalue weighted by Gasteiger charge is -2.40. The van der Waals surface area contributed by atoms with Crippen LogP contribution in [0, 0.1) is 0 Å². The molecule has 0 aliphatic carbocycles. The third-order valence-electron chi connectivity index (χ3n) is 4.31. The van der Waals surface area contributed by atoms with Crippen LogP contribution in [0.3, 0.4) is 0 Å². The number of aromatic nitrogens is 1. The molecule has 1 atom stereocenters. The third-order valence-corrected chi connectivity index (χ3v) is 4.31. The van der Waals surface area contributed by atoms with Crippen LogP contribution >= 0.6 is 0 Å². The first kappa shape index (κ1) is 14.0. The Balaban J connectivity index is 2.04. The Bertz CT molecular complexity index is 671. The van der Waals surface area contributed by atoms with Crippen molar-refractivity contribution in [2.75, 3.05) is 25.1 Å². The lowest BCUT2D eigenvalue weighted by Crippen LogP contribution is -2.48. The summed E-state index contributed by atoms with van der Waals surface area (Å²) in [7, 11) is 1.75. The van der Waals surface area contributed by atoms with E-state index in [2.05, 4.69) is 11.8 Å². The van der Waals surface area contributed by atoms with Crippen molar-refractivity contribution in [3.63, 3.8) is 0 Å². The number of nitrogens with zero attached hydrogens (tertiary/aromatic N) is 2. The van der Waals surface area contributed by atoms with E-state index in [1.807, 2.05) is 30.3 Å². The van der Waals surface area contributed by atoms with Crippen LogP contribution in [-0.2, 0) is 4.74 Å². The largest absolute Gasteiger partial charge is 0.377 e. The number of methoxy groups -OCH3 is 1.